The lowest BCUT2D eigenvalue weighted by atomic mass is 9.77. The zero-order valence-electron chi connectivity index (χ0n) is 21.7. The van der Waals surface area contributed by atoms with Gasteiger partial charge in [-0.2, -0.15) is 0 Å². The van der Waals surface area contributed by atoms with Crippen molar-refractivity contribution in [2.45, 2.75) is 135 Å². The van der Waals surface area contributed by atoms with Gasteiger partial charge in [-0.15, -0.1) is 0 Å². The molecule has 0 atom stereocenters. The van der Waals surface area contributed by atoms with Crippen molar-refractivity contribution < 1.29 is 9.53 Å². The summed E-state index contributed by atoms with van der Waals surface area (Å²) < 4.78 is 5.79. The largest absolute Gasteiger partial charge is 0.426 e. The lowest BCUT2D eigenvalue weighted by molar-refractivity contribution is -0.140. The molecule has 2 aliphatic rings. The molecule has 0 unspecified atom stereocenters. The maximum atomic E-state index is 12.7. The molecule has 0 spiro atoms. The maximum Gasteiger partial charge on any atom is 0.314 e. The zero-order chi connectivity index (χ0) is 23.3. The van der Waals surface area contributed by atoms with Gasteiger partial charge in [0.2, 0.25) is 0 Å². The summed E-state index contributed by atoms with van der Waals surface area (Å²) in [5, 5.41) is 0. The molecule has 2 saturated carbocycles. The van der Waals surface area contributed by atoms with Crippen molar-refractivity contribution in [3.05, 3.63) is 29.8 Å². The van der Waals surface area contributed by atoms with E-state index in [1.54, 1.807) is 0 Å². The third-order valence-corrected chi connectivity index (χ3v) is 8.53. The highest BCUT2D eigenvalue weighted by Crippen LogP contribution is 2.38. The molecule has 33 heavy (non-hydrogen) atoms. The van der Waals surface area contributed by atoms with Gasteiger partial charge in [0.25, 0.3) is 0 Å². The molecule has 0 N–H and O–H groups in total. The molecule has 2 aliphatic carbocycles. The molecule has 2 fully saturated rings. The van der Waals surface area contributed by atoms with Crippen molar-refractivity contribution in [2.75, 3.05) is 0 Å². The van der Waals surface area contributed by atoms with Gasteiger partial charge in [-0.05, 0) is 86.8 Å². The number of carbonyl (C=O) groups excluding carboxylic acids is 1. The standard InChI is InChI=1S/C31H50O2/c1-3-5-7-9-11-25-13-17-27(18-14-25)28-21-23-30(24-22-28)33-31(32)29-19-15-26(16-20-29)12-10-8-6-4-2/h21-27,29H,3-20H2,1-2H3. The number of benzene rings is 1. The summed E-state index contributed by atoms with van der Waals surface area (Å²) in [6.45, 7) is 4.56. The van der Waals surface area contributed by atoms with Crippen LogP contribution in [-0.2, 0) is 4.79 Å². The molecule has 1 aromatic carbocycles. The summed E-state index contributed by atoms with van der Waals surface area (Å²) in [6.07, 6.45) is 23.6. The molecule has 0 saturated heterocycles. The van der Waals surface area contributed by atoms with Crippen LogP contribution in [0.1, 0.15) is 141 Å². The second-order valence-electron chi connectivity index (χ2n) is 11.1. The summed E-state index contributed by atoms with van der Waals surface area (Å²) in [5.74, 6) is 3.30. The summed E-state index contributed by atoms with van der Waals surface area (Å²) in [7, 11) is 0. The van der Waals surface area contributed by atoms with E-state index in [0.717, 1.165) is 30.4 Å². The van der Waals surface area contributed by atoms with Gasteiger partial charge in [0.1, 0.15) is 5.75 Å². The van der Waals surface area contributed by atoms with Gasteiger partial charge in [0.15, 0.2) is 0 Å². The summed E-state index contributed by atoms with van der Waals surface area (Å²) in [4.78, 5) is 12.7. The van der Waals surface area contributed by atoms with Gasteiger partial charge in [-0.1, -0.05) is 90.2 Å². The highest BCUT2D eigenvalue weighted by Gasteiger charge is 2.28. The molecule has 0 radical (unpaired) electrons. The number of hydrogen-bond acceptors (Lipinski definition) is 2. The van der Waals surface area contributed by atoms with E-state index < -0.39 is 0 Å². The number of unbranched alkanes of at least 4 members (excludes halogenated alkanes) is 6. The van der Waals surface area contributed by atoms with Crippen molar-refractivity contribution in [1.29, 1.82) is 0 Å². The first kappa shape index (κ1) is 26.3. The number of hydrogen-bond donors (Lipinski definition) is 0. The van der Waals surface area contributed by atoms with Crippen LogP contribution in [0, 0.1) is 17.8 Å². The monoisotopic (exact) mass is 454 g/mol. The first-order valence-corrected chi connectivity index (χ1v) is 14.5. The Morgan fingerprint density at radius 2 is 1.21 bits per heavy atom. The maximum absolute atomic E-state index is 12.7. The van der Waals surface area contributed by atoms with Crippen molar-refractivity contribution >= 4 is 5.97 Å². The van der Waals surface area contributed by atoms with Crippen LogP contribution in [-0.4, -0.2) is 5.97 Å². The Morgan fingerprint density at radius 3 is 1.73 bits per heavy atom. The minimum absolute atomic E-state index is 0.00392. The second kappa shape index (κ2) is 14.8. The average molecular weight is 455 g/mol. The van der Waals surface area contributed by atoms with Crippen LogP contribution in [0.2, 0.25) is 0 Å². The van der Waals surface area contributed by atoms with Gasteiger partial charge in [-0.25, -0.2) is 0 Å². The van der Waals surface area contributed by atoms with Gasteiger partial charge < -0.3 is 4.74 Å². The molecule has 1 aromatic rings. The third kappa shape index (κ3) is 9.10. The van der Waals surface area contributed by atoms with E-state index in [-0.39, 0.29) is 11.9 Å². The van der Waals surface area contributed by atoms with Crippen molar-refractivity contribution in [1.82, 2.24) is 0 Å². The van der Waals surface area contributed by atoms with E-state index in [4.69, 9.17) is 4.74 Å². The normalized spacial score (nSPS) is 25.6. The van der Waals surface area contributed by atoms with E-state index in [9.17, 15) is 4.79 Å². The van der Waals surface area contributed by atoms with E-state index in [2.05, 4.69) is 26.0 Å². The molecule has 186 valence electrons. The summed E-state index contributed by atoms with van der Waals surface area (Å²) in [6, 6.07) is 8.48. The topological polar surface area (TPSA) is 26.3 Å². The quantitative estimate of drug-likeness (QED) is 0.168. The first-order chi connectivity index (χ1) is 16.2. The van der Waals surface area contributed by atoms with Gasteiger partial charge in [-0.3, -0.25) is 4.79 Å². The fourth-order valence-electron chi connectivity index (χ4n) is 6.20. The fraction of sp³-hybridized carbons (Fsp3) is 0.774. The first-order valence-electron chi connectivity index (χ1n) is 14.5. The SMILES string of the molecule is CCCCCCC1CCC(C(=O)Oc2ccc(C3CCC(CCCCCC)CC3)cc2)CC1. The lowest BCUT2D eigenvalue weighted by Gasteiger charge is -2.29. The van der Waals surface area contributed by atoms with E-state index in [0.29, 0.717) is 5.92 Å². The lowest BCUT2D eigenvalue weighted by Crippen LogP contribution is -2.25. The predicted octanol–water partition coefficient (Wildman–Crippen LogP) is 9.61. The Kier molecular flexibility index (Phi) is 11.8. The molecular weight excluding hydrogens is 404 g/mol. The van der Waals surface area contributed by atoms with Crippen LogP contribution in [0.3, 0.4) is 0 Å². The molecule has 2 nitrogen and oxygen atoms in total. The summed E-state index contributed by atoms with van der Waals surface area (Å²) >= 11 is 0. The van der Waals surface area contributed by atoms with Gasteiger partial charge >= 0.3 is 5.97 Å². The number of rotatable bonds is 13. The highest BCUT2D eigenvalue weighted by atomic mass is 16.5. The average Bonchev–Trinajstić information content (AvgIpc) is 2.86. The van der Waals surface area contributed by atoms with Crippen LogP contribution in [0.25, 0.3) is 0 Å². The number of ether oxygens (including phenoxy) is 1. The minimum Gasteiger partial charge on any atom is -0.426 e. The molecule has 0 aliphatic heterocycles. The predicted molar refractivity (Wildman–Crippen MR) is 140 cm³/mol. The molecule has 2 heteroatoms. The van der Waals surface area contributed by atoms with Gasteiger partial charge in [0, 0.05) is 0 Å². The zero-order valence-corrected chi connectivity index (χ0v) is 21.7. The van der Waals surface area contributed by atoms with E-state index in [1.165, 1.54) is 108 Å². The van der Waals surface area contributed by atoms with Crippen molar-refractivity contribution in [2.24, 2.45) is 17.8 Å². The van der Waals surface area contributed by atoms with Crippen molar-refractivity contribution in [3.8, 4) is 5.75 Å². The summed E-state index contributed by atoms with van der Waals surface area (Å²) in [5.41, 5.74) is 1.43. The Morgan fingerprint density at radius 1 is 0.697 bits per heavy atom. The Hall–Kier alpha value is -1.31. The van der Waals surface area contributed by atoms with E-state index >= 15 is 0 Å². The fourth-order valence-corrected chi connectivity index (χ4v) is 6.20. The molecular formula is C31H50O2. The molecule has 0 amide bonds. The highest BCUT2D eigenvalue weighted by molar-refractivity contribution is 5.75. The van der Waals surface area contributed by atoms with Crippen LogP contribution in [0.15, 0.2) is 24.3 Å². The van der Waals surface area contributed by atoms with Crippen LogP contribution < -0.4 is 4.74 Å². The Balaban J connectivity index is 1.35. The molecule has 3 rings (SSSR count). The van der Waals surface area contributed by atoms with Crippen LogP contribution >= 0.6 is 0 Å². The van der Waals surface area contributed by atoms with Crippen LogP contribution in [0.5, 0.6) is 5.75 Å². The molecule has 0 aromatic heterocycles. The molecule has 0 bridgehead atoms. The smallest absolute Gasteiger partial charge is 0.314 e. The van der Waals surface area contributed by atoms with E-state index in [1.807, 2.05) is 12.1 Å². The number of carbonyl (C=O) groups is 1. The molecule has 0 heterocycles. The van der Waals surface area contributed by atoms with Gasteiger partial charge in [0.05, 0.1) is 5.92 Å². The third-order valence-electron chi connectivity index (χ3n) is 8.53. The Bertz CT molecular complexity index is 648. The number of esters is 1. The minimum atomic E-state index is -0.00392. The Labute approximate surface area is 204 Å². The van der Waals surface area contributed by atoms with Crippen LogP contribution in [0.4, 0.5) is 0 Å². The second-order valence-corrected chi connectivity index (χ2v) is 11.1. The van der Waals surface area contributed by atoms with Crippen molar-refractivity contribution in [3.63, 3.8) is 0 Å².